The van der Waals surface area contributed by atoms with Crippen molar-refractivity contribution in [3.8, 4) is 17.1 Å². The van der Waals surface area contributed by atoms with Crippen molar-refractivity contribution in [1.82, 2.24) is 20.1 Å². The average molecular weight is 356 g/mol. The van der Waals surface area contributed by atoms with Gasteiger partial charge in [0.05, 0.1) is 11.3 Å². The molecule has 0 aliphatic heterocycles. The Morgan fingerprint density at radius 1 is 1.16 bits per heavy atom. The van der Waals surface area contributed by atoms with E-state index >= 15 is 0 Å². The maximum Gasteiger partial charge on any atom is 0.230 e. The van der Waals surface area contributed by atoms with E-state index in [1.807, 2.05) is 31.2 Å². The van der Waals surface area contributed by atoms with Gasteiger partial charge in [-0.3, -0.25) is 9.36 Å². The highest BCUT2D eigenvalue weighted by Crippen LogP contribution is 2.29. The van der Waals surface area contributed by atoms with Crippen LogP contribution in [0.15, 0.2) is 53.7 Å². The number of aryl methyl sites for hydroxylation is 1. The van der Waals surface area contributed by atoms with Crippen LogP contribution in [0.2, 0.25) is 0 Å². The van der Waals surface area contributed by atoms with E-state index in [4.69, 9.17) is 0 Å². The number of rotatable bonds is 5. The van der Waals surface area contributed by atoms with Gasteiger partial charge >= 0.3 is 0 Å². The van der Waals surface area contributed by atoms with Gasteiger partial charge in [0.15, 0.2) is 11.0 Å². The third kappa shape index (κ3) is 3.71. The van der Waals surface area contributed by atoms with Gasteiger partial charge in [-0.15, -0.1) is 10.2 Å². The van der Waals surface area contributed by atoms with Crippen LogP contribution < -0.4 is 5.32 Å². The second kappa shape index (κ2) is 7.48. The lowest BCUT2D eigenvalue weighted by atomic mass is 10.2. The van der Waals surface area contributed by atoms with Crippen LogP contribution in [0.3, 0.4) is 0 Å². The van der Waals surface area contributed by atoms with Gasteiger partial charge in [0, 0.05) is 12.7 Å². The summed E-state index contributed by atoms with van der Waals surface area (Å²) >= 11 is 1.25. The standard InChI is InChI=1S/C18H17FN4OS/c1-12-7-9-13(10-8-12)23-17(14-5-3-4-6-15(14)19)21-22-18(23)25-11-16(24)20-2/h3-10H,11H2,1-2H3,(H,20,24). The van der Waals surface area contributed by atoms with Gasteiger partial charge in [-0.25, -0.2) is 4.39 Å². The molecule has 25 heavy (non-hydrogen) atoms. The lowest BCUT2D eigenvalue weighted by Gasteiger charge is -2.11. The normalized spacial score (nSPS) is 10.7. The molecule has 3 rings (SSSR count). The molecule has 0 saturated heterocycles. The van der Waals surface area contributed by atoms with Gasteiger partial charge in [0.2, 0.25) is 5.91 Å². The Morgan fingerprint density at radius 2 is 1.88 bits per heavy atom. The minimum Gasteiger partial charge on any atom is -0.358 e. The van der Waals surface area contributed by atoms with Gasteiger partial charge < -0.3 is 5.32 Å². The van der Waals surface area contributed by atoms with Crippen LogP contribution in [0.25, 0.3) is 17.1 Å². The summed E-state index contributed by atoms with van der Waals surface area (Å²) < 4.78 is 16.0. The first-order chi connectivity index (χ1) is 12.1. The Bertz CT molecular complexity index is 892. The summed E-state index contributed by atoms with van der Waals surface area (Å²) in [6.45, 7) is 2.00. The Hall–Kier alpha value is -2.67. The SMILES string of the molecule is CNC(=O)CSc1nnc(-c2ccccc2F)n1-c1ccc(C)cc1. The number of carbonyl (C=O) groups excluding carboxylic acids is 1. The van der Waals surface area contributed by atoms with Gasteiger partial charge in [0.25, 0.3) is 0 Å². The summed E-state index contributed by atoms with van der Waals surface area (Å²) in [6.07, 6.45) is 0. The second-order valence-corrected chi connectivity index (χ2v) is 6.36. The predicted octanol–water partition coefficient (Wildman–Crippen LogP) is 3.22. The van der Waals surface area contributed by atoms with Crippen molar-refractivity contribution in [2.24, 2.45) is 0 Å². The van der Waals surface area contributed by atoms with E-state index in [9.17, 15) is 9.18 Å². The number of aromatic nitrogens is 3. The van der Waals surface area contributed by atoms with Crippen molar-refractivity contribution < 1.29 is 9.18 Å². The number of amides is 1. The summed E-state index contributed by atoms with van der Waals surface area (Å²) in [5, 5.41) is 11.4. The number of carbonyl (C=O) groups is 1. The van der Waals surface area contributed by atoms with Crippen LogP contribution in [0.5, 0.6) is 0 Å². The fourth-order valence-corrected chi connectivity index (χ4v) is 3.13. The molecule has 1 N–H and O–H groups in total. The van der Waals surface area contributed by atoms with E-state index < -0.39 is 0 Å². The van der Waals surface area contributed by atoms with Gasteiger partial charge in [-0.1, -0.05) is 41.6 Å². The van der Waals surface area contributed by atoms with Crippen molar-refractivity contribution >= 4 is 17.7 Å². The van der Waals surface area contributed by atoms with Crippen molar-refractivity contribution in [2.45, 2.75) is 12.1 Å². The molecule has 1 aromatic heterocycles. The van der Waals surface area contributed by atoms with Gasteiger partial charge in [0.1, 0.15) is 5.82 Å². The topological polar surface area (TPSA) is 59.8 Å². The molecule has 1 amide bonds. The lowest BCUT2D eigenvalue weighted by Crippen LogP contribution is -2.20. The van der Waals surface area contributed by atoms with Gasteiger partial charge in [-0.05, 0) is 31.2 Å². The molecule has 5 nitrogen and oxygen atoms in total. The summed E-state index contributed by atoms with van der Waals surface area (Å²) in [7, 11) is 1.58. The molecule has 2 aromatic carbocycles. The van der Waals surface area contributed by atoms with Crippen molar-refractivity contribution in [3.05, 3.63) is 59.9 Å². The van der Waals surface area contributed by atoms with Crippen LogP contribution in [0, 0.1) is 12.7 Å². The smallest absolute Gasteiger partial charge is 0.230 e. The molecule has 3 aromatic rings. The highest BCUT2D eigenvalue weighted by atomic mass is 32.2. The number of thioether (sulfide) groups is 1. The molecular formula is C18H17FN4OS. The van der Waals surface area contributed by atoms with E-state index in [1.165, 1.54) is 17.8 Å². The van der Waals surface area contributed by atoms with Crippen molar-refractivity contribution in [1.29, 1.82) is 0 Å². The summed E-state index contributed by atoms with van der Waals surface area (Å²) in [4.78, 5) is 11.6. The van der Waals surface area contributed by atoms with Crippen molar-refractivity contribution in [3.63, 3.8) is 0 Å². The third-order valence-corrected chi connectivity index (χ3v) is 4.58. The molecular weight excluding hydrogens is 339 g/mol. The maximum absolute atomic E-state index is 14.3. The van der Waals surface area contributed by atoms with Gasteiger partial charge in [-0.2, -0.15) is 0 Å². The molecule has 0 spiro atoms. The zero-order valence-corrected chi connectivity index (χ0v) is 14.7. The summed E-state index contributed by atoms with van der Waals surface area (Å²) in [5.41, 5.74) is 2.29. The minimum absolute atomic E-state index is 0.115. The molecule has 0 aliphatic carbocycles. The molecule has 7 heteroatoms. The quantitative estimate of drug-likeness (QED) is 0.713. The van der Waals surface area contributed by atoms with E-state index in [1.54, 1.807) is 29.8 Å². The largest absolute Gasteiger partial charge is 0.358 e. The number of benzene rings is 2. The molecule has 0 fully saturated rings. The first kappa shape index (κ1) is 17.2. The van der Waals surface area contributed by atoms with Crippen LogP contribution in [0.1, 0.15) is 5.56 Å². The average Bonchev–Trinajstić information content (AvgIpc) is 3.04. The molecule has 0 atom stereocenters. The van der Waals surface area contributed by atoms with Crippen molar-refractivity contribution in [2.75, 3.05) is 12.8 Å². The maximum atomic E-state index is 14.3. The Morgan fingerprint density at radius 3 is 2.56 bits per heavy atom. The lowest BCUT2D eigenvalue weighted by molar-refractivity contribution is -0.118. The first-order valence-corrected chi connectivity index (χ1v) is 8.69. The first-order valence-electron chi connectivity index (χ1n) is 7.71. The molecule has 0 aliphatic rings. The molecule has 0 saturated carbocycles. The minimum atomic E-state index is -0.369. The molecule has 0 unspecified atom stereocenters. The molecule has 0 radical (unpaired) electrons. The van der Waals surface area contributed by atoms with Crippen LogP contribution in [0.4, 0.5) is 4.39 Å². The van der Waals surface area contributed by atoms with E-state index in [0.717, 1.165) is 11.3 Å². The zero-order chi connectivity index (χ0) is 17.8. The monoisotopic (exact) mass is 356 g/mol. The van der Waals surface area contributed by atoms with E-state index in [2.05, 4.69) is 15.5 Å². The molecule has 128 valence electrons. The molecule has 1 heterocycles. The number of nitrogens with one attached hydrogen (secondary N) is 1. The second-order valence-electron chi connectivity index (χ2n) is 5.42. The fourth-order valence-electron chi connectivity index (χ4n) is 2.31. The van der Waals surface area contributed by atoms with E-state index in [0.29, 0.717) is 16.5 Å². The zero-order valence-electron chi connectivity index (χ0n) is 13.9. The van der Waals surface area contributed by atoms with E-state index in [-0.39, 0.29) is 17.5 Å². The number of nitrogens with zero attached hydrogens (tertiary/aromatic N) is 3. The predicted molar refractivity (Wildman–Crippen MR) is 96.3 cm³/mol. The summed E-state index contributed by atoms with van der Waals surface area (Å²) in [5.74, 6) is 0.126. The Labute approximate surface area is 149 Å². The number of hydrogen-bond acceptors (Lipinski definition) is 4. The Balaban J connectivity index is 2.09. The fraction of sp³-hybridized carbons (Fsp3) is 0.167. The number of hydrogen-bond donors (Lipinski definition) is 1. The third-order valence-electron chi connectivity index (χ3n) is 3.65. The van der Waals surface area contributed by atoms with Crippen LogP contribution in [-0.4, -0.2) is 33.5 Å². The number of halogens is 1. The van der Waals surface area contributed by atoms with Crippen LogP contribution >= 0.6 is 11.8 Å². The Kier molecular flexibility index (Phi) is 5.14. The van der Waals surface area contributed by atoms with Crippen LogP contribution in [-0.2, 0) is 4.79 Å². The highest BCUT2D eigenvalue weighted by Gasteiger charge is 2.19. The summed E-state index contributed by atoms with van der Waals surface area (Å²) in [6, 6.07) is 14.2. The highest BCUT2D eigenvalue weighted by molar-refractivity contribution is 7.99. The molecule has 0 bridgehead atoms.